The summed E-state index contributed by atoms with van der Waals surface area (Å²) in [7, 11) is 0. The van der Waals surface area contributed by atoms with Crippen molar-refractivity contribution in [1.29, 1.82) is 0 Å². The molecule has 108 valence electrons. The molecule has 1 unspecified atom stereocenters. The predicted molar refractivity (Wildman–Crippen MR) is 77.3 cm³/mol. The zero-order valence-corrected chi connectivity index (χ0v) is 12.5. The molecule has 20 heavy (non-hydrogen) atoms. The maximum absolute atomic E-state index is 12.4. The number of likely N-dealkylation sites (tertiary alicyclic amines) is 1. The summed E-state index contributed by atoms with van der Waals surface area (Å²) in [5.41, 5.74) is -0.484. The molecular formula is C14H15Cl2NO3. The number of benzene rings is 1. The van der Waals surface area contributed by atoms with Crippen LogP contribution in [0.5, 0.6) is 0 Å². The molecule has 1 atom stereocenters. The number of aliphatic carboxylic acids is 1. The van der Waals surface area contributed by atoms with Crippen molar-refractivity contribution in [3.05, 3.63) is 33.8 Å². The first-order valence-electron chi connectivity index (χ1n) is 6.37. The molecule has 0 radical (unpaired) electrons. The van der Waals surface area contributed by atoms with Gasteiger partial charge >= 0.3 is 5.97 Å². The lowest BCUT2D eigenvalue weighted by molar-refractivity contribution is -0.148. The fourth-order valence-electron chi connectivity index (χ4n) is 2.49. The van der Waals surface area contributed by atoms with Crippen molar-refractivity contribution in [2.75, 3.05) is 13.1 Å². The molecule has 1 aromatic carbocycles. The lowest BCUT2D eigenvalue weighted by Gasteiger charge is -2.23. The number of hydrogen-bond donors (Lipinski definition) is 1. The first-order valence-corrected chi connectivity index (χ1v) is 7.13. The topological polar surface area (TPSA) is 57.6 Å². The number of carboxylic acids is 1. The molecule has 0 bridgehead atoms. The first-order chi connectivity index (χ1) is 9.39. The van der Waals surface area contributed by atoms with Crippen molar-refractivity contribution < 1.29 is 14.7 Å². The Labute approximate surface area is 127 Å². The van der Waals surface area contributed by atoms with E-state index in [2.05, 4.69) is 0 Å². The molecule has 1 aliphatic rings. The van der Waals surface area contributed by atoms with E-state index in [0.29, 0.717) is 30.0 Å². The number of rotatable bonds is 3. The predicted octanol–water partition coefficient (Wildman–Crippen LogP) is 3.32. The fourth-order valence-corrected chi connectivity index (χ4v) is 2.98. The van der Waals surface area contributed by atoms with Crippen LogP contribution in [0.4, 0.5) is 0 Å². The van der Waals surface area contributed by atoms with E-state index in [-0.39, 0.29) is 17.5 Å². The van der Waals surface area contributed by atoms with Gasteiger partial charge in [-0.1, -0.05) is 30.1 Å². The van der Waals surface area contributed by atoms with Gasteiger partial charge in [-0.05, 0) is 31.0 Å². The number of carbonyl (C=O) groups is 2. The van der Waals surface area contributed by atoms with Crippen LogP contribution in [0.2, 0.25) is 10.0 Å². The van der Waals surface area contributed by atoms with Crippen molar-refractivity contribution >= 4 is 35.1 Å². The van der Waals surface area contributed by atoms with Gasteiger partial charge in [0.25, 0.3) is 5.91 Å². The van der Waals surface area contributed by atoms with E-state index in [1.165, 1.54) is 6.07 Å². The number of hydrogen-bond acceptors (Lipinski definition) is 2. The van der Waals surface area contributed by atoms with Crippen LogP contribution in [0.25, 0.3) is 0 Å². The van der Waals surface area contributed by atoms with Crippen LogP contribution in [0.3, 0.4) is 0 Å². The molecule has 0 aliphatic carbocycles. The molecule has 1 aliphatic heterocycles. The molecule has 6 heteroatoms. The Morgan fingerprint density at radius 2 is 2.10 bits per heavy atom. The third kappa shape index (κ3) is 2.63. The highest BCUT2D eigenvalue weighted by Gasteiger charge is 2.45. The van der Waals surface area contributed by atoms with E-state index in [1.54, 1.807) is 17.0 Å². The molecular weight excluding hydrogens is 301 g/mol. The Morgan fingerprint density at radius 1 is 1.40 bits per heavy atom. The smallest absolute Gasteiger partial charge is 0.311 e. The normalized spacial score (nSPS) is 22.1. The standard InChI is InChI=1S/C14H15Cl2NO3/c1-2-14(13(19)20)5-6-17(8-14)12(18)10-4-3-9(15)7-11(10)16/h3-4,7H,2,5-6,8H2,1H3,(H,19,20). The van der Waals surface area contributed by atoms with Crippen LogP contribution >= 0.6 is 23.2 Å². The second kappa shape index (κ2) is 5.62. The second-order valence-electron chi connectivity index (χ2n) is 5.04. The van der Waals surface area contributed by atoms with E-state index in [0.717, 1.165) is 0 Å². The summed E-state index contributed by atoms with van der Waals surface area (Å²) in [5.74, 6) is -1.10. The quantitative estimate of drug-likeness (QED) is 0.930. The Kier molecular flexibility index (Phi) is 4.25. The maximum Gasteiger partial charge on any atom is 0.311 e. The van der Waals surface area contributed by atoms with Gasteiger partial charge in [-0.3, -0.25) is 9.59 Å². The zero-order valence-electron chi connectivity index (χ0n) is 11.0. The molecule has 1 N–H and O–H groups in total. The minimum atomic E-state index is -0.850. The number of halogens is 2. The monoisotopic (exact) mass is 315 g/mol. The molecule has 0 aromatic heterocycles. The average Bonchev–Trinajstić information content (AvgIpc) is 2.83. The van der Waals surface area contributed by atoms with Gasteiger partial charge in [0.15, 0.2) is 0 Å². The third-order valence-electron chi connectivity index (χ3n) is 3.93. The van der Waals surface area contributed by atoms with Crippen LogP contribution < -0.4 is 0 Å². The summed E-state index contributed by atoms with van der Waals surface area (Å²) < 4.78 is 0. The Balaban J connectivity index is 2.21. The van der Waals surface area contributed by atoms with Gasteiger partial charge in [-0.25, -0.2) is 0 Å². The van der Waals surface area contributed by atoms with E-state index < -0.39 is 11.4 Å². The Hall–Kier alpha value is -1.26. The highest BCUT2D eigenvalue weighted by atomic mass is 35.5. The van der Waals surface area contributed by atoms with Crippen molar-refractivity contribution in [2.45, 2.75) is 19.8 Å². The molecule has 0 spiro atoms. The van der Waals surface area contributed by atoms with E-state index in [9.17, 15) is 14.7 Å². The van der Waals surface area contributed by atoms with Crippen molar-refractivity contribution in [2.24, 2.45) is 5.41 Å². The zero-order chi connectivity index (χ0) is 14.9. The largest absolute Gasteiger partial charge is 0.481 e. The molecule has 2 rings (SSSR count). The van der Waals surface area contributed by atoms with Gasteiger partial charge in [-0.2, -0.15) is 0 Å². The van der Waals surface area contributed by atoms with Crippen LogP contribution in [-0.2, 0) is 4.79 Å². The SMILES string of the molecule is CCC1(C(=O)O)CCN(C(=O)c2ccc(Cl)cc2Cl)C1. The lowest BCUT2D eigenvalue weighted by Crippen LogP contribution is -2.36. The van der Waals surface area contributed by atoms with Gasteiger partial charge in [-0.15, -0.1) is 0 Å². The highest BCUT2D eigenvalue weighted by Crippen LogP contribution is 2.35. The molecule has 0 saturated carbocycles. The molecule has 1 fully saturated rings. The number of amides is 1. The Morgan fingerprint density at radius 3 is 2.60 bits per heavy atom. The van der Waals surface area contributed by atoms with E-state index >= 15 is 0 Å². The number of nitrogens with zero attached hydrogens (tertiary/aromatic N) is 1. The second-order valence-corrected chi connectivity index (χ2v) is 5.88. The Bertz CT molecular complexity index is 561. The van der Waals surface area contributed by atoms with Crippen molar-refractivity contribution in [1.82, 2.24) is 4.90 Å². The van der Waals surface area contributed by atoms with Crippen LogP contribution in [0.15, 0.2) is 18.2 Å². The summed E-state index contributed by atoms with van der Waals surface area (Å²) in [6, 6.07) is 4.68. The number of carboxylic acid groups (broad SMARTS) is 1. The van der Waals surface area contributed by atoms with Crippen LogP contribution in [0.1, 0.15) is 30.1 Å². The maximum atomic E-state index is 12.4. The summed E-state index contributed by atoms with van der Waals surface area (Å²) in [4.78, 5) is 25.3. The summed E-state index contributed by atoms with van der Waals surface area (Å²) in [6.07, 6.45) is 0.968. The molecule has 1 saturated heterocycles. The molecule has 1 heterocycles. The van der Waals surface area contributed by atoms with Gasteiger partial charge in [0, 0.05) is 18.1 Å². The third-order valence-corrected chi connectivity index (χ3v) is 4.48. The lowest BCUT2D eigenvalue weighted by atomic mass is 9.84. The van der Waals surface area contributed by atoms with E-state index in [1.807, 2.05) is 6.92 Å². The van der Waals surface area contributed by atoms with Gasteiger partial charge in [0.1, 0.15) is 0 Å². The fraction of sp³-hybridized carbons (Fsp3) is 0.429. The van der Waals surface area contributed by atoms with Crippen LogP contribution in [0, 0.1) is 5.41 Å². The van der Waals surface area contributed by atoms with Crippen LogP contribution in [-0.4, -0.2) is 35.0 Å². The van der Waals surface area contributed by atoms with Gasteiger partial charge in [0.05, 0.1) is 16.0 Å². The minimum absolute atomic E-state index is 0.219. The summed E-state index contributed by atoms with van der Waals surface area (Å²) in [5, 5.41) is 10.1. The van der Waals surface area contributed by atoms with E-state index in [4.69, 9.17) is 23.2 Å². The molecule has 1 amide bonds. The van der Waals surface area contributed by atoms with Gasteiger partial charge in [0.2, 0.25) is 0 Å². The summed E-state index contributed by atoms with van der Waals surface area (Å²) in [6.45, 7) is 2.48. The molecule has 1 aromatic rings. The van der Waals surface area contributed by atoms with Gasteiger partial charge < -0.3 is 10.0 Å². The van der Waals surface area contributed by atoms with Crippen molar-refractivity contribution in [3.8, 4) is 0 Å². The summed E-state index contributed by atoms with van der Waals surface area (Å²) >= 11 is 11.8. The first kappa shape index (κ1) is 15.1. The molecule has 4 nitrogen and oxygen atoms in total. The number of carbonyl (C=O) groups excluding carboxylic acids is 1. The highest BCUT2D eigenvalue weighted by molar-refractivity contribution is 6.36. The average molecular weight is 316 g/mol. The minimum Gasteiger partial charge on any atom is -0.481 e. The van der Waals surface area contributed by atoms with Crippen molar-refractivity contribution in [3.63, 3.8) is 0 Å².